The quantitative estimate of drug-likeness (QED) is 0.817. The standard InChI is InChI=1S/C11H19N5O3/c1-5-8(10(17)15(2)3)13-11(18)16(4)6-9-12-7-19-14-9/h7-8H,5-6H2,1-4H3,(H,13,18)/t8-/m1/s1. The average Bonchev–Trinajstić information content (AvgIpc) is 2.87. The molecular weight excluding hydrogens is 250 g/mol. The molecule has 19 heavy (non-hydrogen) atoms. The van der Waals surface area contributed by atoms with Crippen LogP contribution in [0.4, 0.5) is 4.79 Å². The van der Waals surface area contributed by atoms with Gasteiger partial charge in [0.2, 0.25) is 12.3 Å². The molecule has 1 aromatic heterocycles. The molecule has 3 amide bonds. The van der Waals surface area contributed by atoms with Gasteiger partial charge in [0.25, 0.3) is 0 Å². The van der Waals surface area contributed by atoms with Crippen LogP contribution < -0.4 is 5.32 Å². The maximum absolute atomic E-state index is 11.9. The Morgan fingerprint density at radius 1 is 1.42 bits per heavy atom. The maximum Gasteiger partial charge on any atom is 0.318 e. The van der Waals surface area contributed by atoms with Crippen molar-refractivity contribution in [1.82, 2.24) is 25.3 Å². The second-order valence-electron chi connectivity index (χ2n) is 4.35. The largest absolute Gasteiger partial charge is 0.347 e. The Hall–Kier alpha value is -2.12. The second kappa shape index (κ2) is 6.72. The fourth-order valence-corrected chi connectivity index (χ4v) is 1.46. The van der Waals surface area contributed by atoms with Gasteiger partial charge in [0, 0.05) is 21.1 Å². The van der Waals surface area contributed by atoms with Crippen LogP contribution in [0.5, 0.6) is 0 Å². The predicted molar refractivity (Wildman–Crippen MR) is 67.1 cm³/mol. The lowest BCUT2D eigenvalue weighted by Gasteiger charge is -2.23. The van der Waals surface area contributed by atoms with Crippen LogP contribution in [0.25, 0.3) is 0 Å². The summed E-state index contributed by atoms with van der Waals surface area (Å²) in [6.07, 6.45) is 1.73. The molecule has 1 heterocycles. The molecule has 0 saturated heterocycles. The van der Waals surface area contributed by atoms with Crippen LogP contribution in [0.3, 0.4) is 0 Å². The Bertz CT molecular complexity index is 418. The van der Waals surface area contributed by atoms with Gasteiger partial charge in [-0.25, -0.2) is 4.79 Å². The molecule has 0 fully saturated rings. The van der Waals surface area contributed by atoms with Gasteiger partial charge in [-0.2, -0.15) is 4.98 Å². The van der Waals surface area contributed by atoms with Gasteiger partial charge in [-0.05, 0) is 6.42 Å². The van der Waals surface area contributed by atoms with Crippen LogP contribution in [-0.4, -0.2) is 59.1 Å². The van der Waals surface area contributed by atoms with Crippen molar-refractivity contribution < 1.29 is 14.1 Å². The smallest absolute Gasteiger partial charge is 0.318 e. The normalized spacial score (nSPS) is 11.8. The van der Waals surface area contributed by atoms with Crippen molar-refractivity contribution in [2.45, 2.75) is 25.9 Å². The molecule has 0 unspecified atom stereocenters. The van der Waals surface area contributed by atoms with Crippen molar-refractivity contribution in [3.05, 3.63) is 12.2 Å². The third kappa shape index (κ3) is 4.23. The van der Waals surface area contributed by atoms with E-state index in [-0.39, 0.29) is 18.5 Å². The van der Waals surface area contributed by atoms with E-state index < -0.39 is 6.04 Å². The molecule has 0 aromatic carbocycles. The molecule has 0 aliphatic rings. The van der Waals surface area contributed by atoms with Crippen LogP contribution in [0.2, 0.25) is 0 Å². The molecule has 8 heteroatoms. The van der Waals surface area contributed by atoms with Crippen molar-refractivity contribution in [2.75, 3.05) is 21.1 Å². The van der Waals surface area contributed by atoms with Crippen molar-refractivity contribution >= 4 is 11.9 Å². The minimum atomic E-state index is -0.532. The fraction of sp³-hybridized carbons (Fsp3) is 0.636. The summed E-state index contributed by atoms with van der Waals surface area (Å²) in [6, 6.07) is -0.887. The topological polar surface area (TPSA) is 91.6 Å². The van der Waals surface area contributed by atoms with Crippen LogP contribution in [0, 0.1) is 0 Å². The molecule has 0 aliphatic carbocycles. The number of rotatable bonds is 5. The van der Waals surface area contributed by atoms with Gasteiger partial charge >= 0.3 is 6.03 Å². The third-order valence-corrected chi connectivity index (χ3v) is 2.58. The Labute approximate surface area is 111 Å². The predicted octanol–water partition coefficient (Wildman–Crippen LogP) is 0.0778. The molecule has 1 rings (SSSR count). The van der Waals surface area contributed by atoms with Crippen LogP contribution in [0.1, 0.15) is 19.2 Å². The number of nitrogens with zero attached hydrogens (tertiary/aromatic N) is 4. The summed E-state index contributed by atoms with van der Waals surface area (Å²) in [6.45, 7) is 2.06. The Kier molecular flexibility index (Phi) is 5.28. The summed E-state index contributed by atoms with van der Waals surface area (Å²) in [4.78, 5) is 30.4. The third-order valence-electron chi connectivity index (χ3n) is 2.58. The number of hydrogen-bond acceptors (Lipinski definition) is 5. The van der Waals surface area contributed by atoms with Crippen LogP contribution in [-0.2, 0) is 11.3 Å². The maximum atomic E-state index is 11.9. The summed E-state index contributed by atoms with van der Waals surface area (Å²) >= 11 is 0. The van der Waals surface area contributed by atoms with Crippen LogP contribution in [0.15, 0.2) is 10.9 Å². The lowest BCUT2D eigenvalue weighted by Crippen LogP contribution is -2.49. The van der Waals surface area contributed by atoms with E-state index in [1.807, 2.05) is 6.92 Å². The summed E-state index contributed by atoms with van der Waals surface area (Å²) < 4.78 is 4.59. The zero-order valence-electron chi connectivity index (χ0n) is 11.6. The van der Waals surface area contributed by atoms with Crippen molar-refractivity contribution in [2.24, 2.45) is 0 Å². The highest BCUT2D eigenvalue weighted by Gasteiger charge is 2.22. The summed E-state index contributed by atoms with van der Waals surface area (Å²) in [5.74, 6) is 0.272. The zero-order chi connectivity index (χ0) is 14.4. The molecule has 1 N–H and O–H groups in total. The molecule has 1 atom stereocenters. The summed E-state index contributed by atoms with van der Waals surface area (Å²) in [7, 11) is 4.90. The highest BCUT2D eigenvalue weighted by atomic mass is 16.5. The Morgan fingerprint density at radius 3 is 2.58 bits per heavy atom. The molecule has 106 valence electrons. The van der Waals surface area contributed by atoms with E-state index in [9.17, 15) is 9.59 Å². The summed E-state index contributed by atoms with van der Waals surface area (Å²) in [5, 5.41) is 6.29. The number of likely N-dealkylation sites (N-methyl/N-ethyl adjacent to an activating group) is 1. The lowest BCUT2D eigenvalue weighted by molar-refractivity contribution is -0.130. The number of carbonyl (C=O) groups is 2. The van der Waals surface area contributed by atoms with E-state index >= 15 is 0 Å². The van der Waals surface area contributed by atoms with Crippen LogP contribution >= 0.6 is 0 Å². The first-order chi connectivity index (χ1) is 8.95. The highest BCUT2D eigenvalue weighted by molar-refractivity contribution is 5.86. The van der Waals surface area contributed by atoms with Crippen molar-refractivity contribution in [1.29, 1.82) is 0 Å². The first-order valence-electron chi connectivity index (χ1n) is 5.93. The van der Waals surface area contributed by atoms with E-state index in [2.05, 4.69) is 20.0 Å². The number of carbonyl (C=O) groups excluding carboxylic acids is 2. The SMILES string of the molecule is CC[C@@H](NC(=O)N(C)Cc1ncon1)C(=O)N(C)C. The first-order valence-corrected chi connectivity index (χ1v) is 5.93. The molecule has 0 spiro atoms. The fourth-order valence-electron chi connectivity index (χ4n) is 1.46. The van der Waals surface area contributed by atoms with Gasteiger partial charge in [-0.15, -0.1) is 0 Å². The van der Waals surface area contributed by atoms with Gasteiger partial charge in [0.05, 0.1) is 6.54 Å². The number of hydrogen-bond donors (Lipinski definition) is 1. The van der Waals surface area contributed by atoms with Gasteiger partial charge in [-0.3, -0.25) is 4.79 Å². The Morgan fingerprint density at radius 2 is 2.11 bits per heavy atom. The molecule has 0 bridgehead atoms. The van der Waals surface area contributed by atoms with Gasteiger partial charge in [0.1, 0.15) is 6.04 Å². The second-order valence-corrected chi connectivity index (χ2v) is 4.35. The average molecular weight is 269 g/mol. The molecule has 0 saturated carbocycles. The van der Waals surface area contributed by atoms with E-state index in [0.717, 1.165) is 0 Å². The monoisotopic (exact) mass is 269 g/mol. The van der Waals surface area contributed by atoms with Gasteiger partial charge in [0.15, 0.2) is 5.82 Å². The van der Waals surface area contributed by atoms with E-state index in [0.29, 0.717) is 12.2 Å². The Balaban J connectivity index is 2.54. The van der Waals surface area contributed by atoms with Gasteiger partial charge < -0.3 is 19.6 Å². The molecule has 0 radical (unpaired) electrons. The molecule has 8 nitrogen and oxygen atoms in total. The van der Waals surface area contributed by atoms with Gasteiger partial charge in [-0.1, -0.05) is 12.1 Å². The lowest BCUT2D eigenvalue weighted by atomic mass is 10.2. The molecule has 0 aliphatic heterocycles. The zero-order valence-corrected chi connectivity index (χ0v) is 11.6. The minimum Gasteiger partial charge on any atom is -0.347 e. The molecular formula is C11H19N5O3. The van der Waals surface area contributed by atoms with Crippen molar-refractivity contribution in [3.8, 4) is 0 Å². The van der Waals surface area contributed by atoms with Crippen molar-refractivity contribution in [3.63, 3.8) is 0 Å². The highest BCUT2D eigenvalue weighted by Crippen LogP contribution is 2.00. The number of amides is 3. The van der Waals surface area contributed by atoms with E-state index in [1.165, 1.54) is 16.2 Å². The summed E-state index contributed by atoms with van der Waals surface area (Å²) in [5.41, 5.74) is 0. The molecule has 1 aromatic rings. The van der Waals surface area contributed by atoms with E-state index in [4.69, 9.17) is 0 Å². The first kappa shape index (κ1) is 14.9. The minimum absolute atomic E-state index is 0.135. The number of aromatic nitrogens is 2. The number of urea groups is 1. The van der Waals surface area contributed by atoms with E-state index in [1.54, 1.807) is 21.1 Å². The number of nitrogens with one attached hydrogen (secondary N) is 1.